The zero-order chi connectivity index (χ0) is 10.7. The highest BCUT2D eigenvalue weighted by atomic mass is 16.3. The molecule has 4 nitrogen and oxygen atoms in total. The van der Waals surface area contributed by atoms with E-state index in [-0.39, 0.29) is 0 Å². The second kappa shape index (κ2) is 4.14. The summed E-state index contributed by atoms with van der Waals surface area (Å²) in [6, 6.07) is 9.10. The Morgan fingerprint density at radius 2 is 2.20 bits per heavy atom. The summed E-state index contributed by atoms with van der Waals surface area (Å²) < 4.78 is 0. The van der Waals surface area contributed by atoms with Gasteiger partial charge >= 0.3 is 0 Å². The van der Waals surface area contributed by atoms with Gasteiger partial charge in [0, 0.05) is 11.9 Å². The average Bonchev–Trinajstić information content (AvgIpc) is 2.29. The Hall–Kier alpha value is -1.81. The molecule has 2 rings (SSSR count). The maximum Gasteiger partial charge on any atom is 0.108 e. The average molecular weight is 201 g/mol. The van der Waals surface area contributed by atoms with Crippen LogP contribution in [-0.4, -0.2) is 12.0 Å². The third-order valence-corrected chi connectivity index (χ3v) is 2.19. The Morgan fingerprint density at radius 1 is 1.33 bits per heavy atom. The highest BCUT2D eigenvalue weighted by Gasteiger charge is 1.99. The molecule has 0 fully saturated rings. The van der Waals surface area contributed by atoms with Gasteiger partial charge in [-0.05, 0) is 36.5 Å². The Labute approximate surface area is 87.3 Å². The molecule has 0 saturated carbocycles. The van der Waals surface area contributed by atoms with Gasteiger partial charge in [-0.1, -0.05) is 6.07 Å². The lowest BCUT2D eigenvalue weighted by molar-refractivity contribution is 0.795. The van der Waals surface area contributed by atoms with Crippen LogP contribution in [0.1, 0.15) is 5.69 Å². The van der Waals surface area contributed by atoms with Crippen molar-refractivity contribution in [3.05, 3.63) is 40.9 Å². The number of nitrogens with one attached hydrogen (secondary N) is 1. The number of pyridine rings is 1. The van der Waals surface area contributed by atoms with E-state index in [0.29, 0.717) is 5.69 Å². The normalized spacial score (nSPS) is 10.5. The SMILES string of the molecule is CNCc1ccc2cc(N=O)ccc2n1. The molecule has 0 unspecified atom stereocenters. The largest absolute Gasteiger partial charge is 0.314 e. The van der Waals surface area contributed by atoms with Gasteiger partial charge in [0.2, 0.25) is 0 Å². The Bertz CT molecular complexity index is 496. The zero-order valence-corrected chi connectivity index (χ0v) is 8.40. The van der Waals surface area contributed by atoms with Gasteiger partial charge in [0.1, 0.15) is 5.69 Å². The molecule has 0 spiro atoms. The summed E-state index contributed by atoms with van der Waals surface area (Å²) in [4.78, 5) is 14.8. The van der Waals surface area contributed by atoms with Crippen LogP contribution >= 0.6 is 0 Å². The molecule has 1 aromatic heterocycles. The van der Waals surface area contributed by atoms with Crippen LogP contribution < -0.4 is 5.32 Å². The van der Waals surface area contributed by atoms with Crippen molar-refractivity contribution in [3.8, 4) is 0 Å². The molecule has 4 heteroatoms. The number of aromatic nitrogens is 1. The predicted molar refractivity (Wildman–Crippen MR) is 60.0 cm³/mol. The molecule has 0 bridgehead atoms. The summed E-state index contributed by atoms with van der Waals surface area (Å²) >= 11 is 0. The quantitative estimate of drug-likeness (QED) is 0.775. The summed E-state index contributed by atoms with van der Waals surface area (Å²) in [5.41, 5.74) is 2.30. The van der Waals surface area contributed by atoms with Crippen LogP contribution in [0.25, 0.3) is 10.9 Å². The second-order valence-corrected chi connectivity index (χ2v) is 3.30. The molecule has 76 valence electrons. The molecule has 1 heterocycles. The highest BCUT2D eigenvalue weighted by molar-refractivity contribution is 5.81. The van der Waals surface area contributed by atoms with Crippen molar-refractivity contribution < 1.29 is 0 Å². The van der Waals surface area contributed by atoms with Gasteiger partial charge in [0.25, 0.3) is 0 Å². The number of nitroso groups, excluding NO2 is 1. The first-order valence-electron chi connectivity index (χ1n) is 4.71. The fraction of sp³-hybridized carbons (Fsp3) is 0.182. The van der Waals surface area contributed by atoms with Crippen LogP contribution in [-0.2, 0) is 6.54 Å². The Kier molecular flexibility index (Phi) is 2.69. The van der Waals surface area contributed by atoms with Gasteiger partial charge in [-0.2, -0.15) is 0 Å². The molecular weight excluding hydrogens is 190 g/mol. The minimum atomic E-state index is 0.436. The van der Waals surface area contributed by atoms with E-state index in [1.807, 2.05) is 25.2 Å². The van der Waals surface area contributed by atoms with Crippen molar-refractivity contribution in [1.29, 1.82) is 0 Å². The fourth-order valence-corrected chi connectivity index (χ4v) is 1.49. The van der Waals surface area contributed by atoms with E-state index in [9.17, 15) is 4.91 Å². The maximum atomic E-state index is 10.3. The first kappa shape index (κ1) is 9.73. The van der Waals surface area contributed by atoms with Gasteiger partial charge < -0.3 is 5.32 Å². The molecule has 0 radical (unpaired) electrons. The van der Waals surface area contributed by atoms with E-state index in [1.54, 1.807) is 12.1 Å². The number of benzene rings is 1. The third kappa shape index (κ3) is 1.99. The summed E-state index contributed by atoms with van der Waals surface area (Å²) in [7, 11) is 1.88. The van der Waals surface area contributed by atoms with Gasteiger partial charge in [-0.15, -0.1) is 4.91 Å². The molecule has 0 amide bonds. The molecule has 2 aromatic rings. The molecule has 1 aromatic carbocycles. The minimum Gasteiger partial charge on any atom is -0.314 e. The molecular formula is C11H11N3O. The summed E-state index contributed by atoms with van der Waals surface area (Å²) in [5, 5.41) is 6.87. The number of nitrogens with zero attached hydrogens (tertiary/aromatic N) is 2. The van der Waals surface area contributed by atoms with Crippen LogP contribution in [0.15, 0.2) is 35.5 Å². The lowest BCUT2D eigenvalue weighted by Gasteiger charge is -2.02. The molecule has 0 saturated heterocycles. The number of hydrogen-bond acceptors (Lipinski definition) is 4. The Morgan fingerprint density at radius 3 is 2.93 bits per heavy atom. The lowest BCUT2D eigenvalue weighted by atomic mass is 10.2. The summed E-state index contributed by atoms with van der Waals surface area (Å²) in [6.45, 7) is 0.740. The van der Waals surface area contributed by atoms with E-state index in [4.69, 9.17) is 0 Å². The minimum absolute atomic E-state index is 0.436. The van der Waals surface area contributed by atoms with Crippen molar-refractivity contribution in [2.24, 2.45) is 5.18 Å². The van der Waals surface area contributed by atoms with Crippen LogP contribution in [0.2, 0.25) is 0 Å². The topological polar surface area (TPSA) is 54.4 Å². The summed E-state index contributed by atoms with van der Waals surface area (Å²) in [5.74, 6) is 0. The van der Waals surface area contributed by atoms with Gasteiger partial charge in [0.05, 0.1) is 11.2 Å². The molecule has 0 aliphatic carbocycles. The molecule has 15 heavy (non-hydrogen) atoms. The van der Waals surface area contributed by atoms with Crippen LogP contribution in [0.3, 0.4) is 0 Å². The fourth-order valence-electron chi connectivity index (χ4n) is 1.49. The van der Waals surface area contributed by atoms with Crippen LogP contribution in [0, 0.1) is 4.91 Å². The van der Waals surface area contributed by atoms with E-state index >= 15 is 0 Å². The van der Waals surface area contributed by atoms with Crippen molar-refractivity contribution in [2.45, 2.75) is 6.54 Å². The first-order valence-corrected chi connectivity index (χ1v) is 4.71. The number of rotatable bonds is 3. The third-order valence-electron chi connectivity index (χ3n) is 2.19. The number of hydrogen-bond donors (Lipinski definition) is 1. The first-order chi connectivity index (χ1) is 7.33. The zero-order valence-electron chi connectivity index (χ0n) is 8.40. The van der Waals surface area contributed by atoms with E-state index in [0.717, 1.165) is 23.1 Å². The smallest absolute Gasteiger partial charge is 0.108 e. The van der Waals surface area contributed by atoms with E-state index < -0.39 is 0 Å². The predicted octanol–water partition coefficient (Wildman–Crippen LogP) is 2.35. The van der Waals surface area contributed by atoms with Gasteiger partial charge in [-0.3, -0.25) is 4.98 Å². The Balaban J connectivity index is 2.49. The lowest BCUT2D eigenvalue weighted by Crippen LogP contribution is -2.06. The standard InChI is InChI=1S/C11H11N3O/c1-12-7-10-3-2-8-6-9(14-15)4-5-11(8)13-10/h2-6,12H,7H2,1H3. The van der Waals surface area contributed by atoms with Crippen LogP contribution in [0.4, 0.5) is 5.69 Å². The monoisotopic (exact) mass is 201 g/mol. The maximum absolute atomic E-state index is 10.3. The van der Waals surface area contributed by atoms with Crippen molar-refractivity contribution >= 4 is 16.6 Å². The van der Waals surface area contributed by atoms with Crippen LogP contribution in [0.5, 0.6) is 0 Å². The second-order valence-electron chi connectivity index (χ2n) is 3.30. The van der Waals surface area contributed by atoms with Crippen molar-refractivity contribution in [3.63, 3.8) is 0 Å². The molecule has 1 N–H and O–H groups in total. The molecule has 0 aliphatic rings. The van der Waals surface area contributed by atoms with Crippen molar-refractivity contribution in [1.82, 2.24) is 10.3 Å². The van der Waals surface area contributed by atoms with E-state index in [2.05, 4.69) is 15.5 Å². The summed E-state index contributed by atoms with van der Waals surface area (Å²) in [6.07, 6.45) is 0. The molecule has 0 aliphatic heterocycles. The van der Waals surface area contributed by atoms with Crippen molar-refractivity contribution in [2.75, 3.05) is 7.05 Å². The van der Waals surface area contributed by atoms with E-state index in [1.165, 1.54) is 0 Å². The highest BCUT2D eigenvalue weighted by Crippen LogP contribution is 2.19. The van der Waals surface area contributed by atoms with Gasteiger partial charge in [-0.25, -0.2) is 0 Å². The molecule has 0 atom stereocenters. The van der Waals surface area contributed by atoms with Gasteiger partial charge in [0.15, 0.2) is 0 Å². The number of fused-ring (bicyclic) bond motifs is 1.